The van der Waals surface area contributed by atoms with Gasteiger partial charge in [0.25, 0.3) is 0 Å². The summed E-state index contributed by atoms with van der Waals surface area (Å²) in [5.74, 6) is -0.408. The predicted molar refractivity (Wildman–Crippen MR) is 162 cm³/mol. The summed E-state index contributed by atoms with van der Waals surface area (Å²) < 4.78 is 31.3. The van der Waals surface area contributed by atoms with Gasteiger partial charge in [0.2, 0.25) is 5.91 Å². The first-order valence-electron chi connectivity index (χ1n) is 16.5. The molecule has 0 aromatic carbocycles. The summed E-state index contributed by atoms with van der Waals surface area (Å²) in [6.07, 6.45) is 22.3. The van der Waals surface area contributed by atoms with Gasteiger partial charge in [-0.1, -0.05) is 116 Å². The van der Waals surface area contributed by atoms with Crippen molar-refractivity contribution in [3.05, 3.63) is 0 Å². The zero-order valence-corrected chi connectivity index (χ0v) is 33.5. The summed E-state index contributed by atoms with van der Waals surface area (Å²) in [6.45, 7) is 4.40. The maximum absolute atomic E-state index is 12.2. The van der Waals surface area contributed by atoms with Crippen LogP contribution < -0.4 is 74.2 Å². The Labute approximate surface area is 312 Å². The van der Waals surface area contributed by atoms with E-state index in [1.807, 2.05) is 0 Å². The van der Waals surface area contributed by atoms with E-state index in [0.29, 0.717) is 13.0 Å². The van der Waals surface area contributed by atoms with Crippen molar-refractivity contribution in [1.82, 2.24) is 5.32 Å². The van der Waals surface area contributed by atoms with Crippen LogP contribution in [0.4, 0.5) is 0 Å². The fourth-order valence-corrected chi connectivity index (χ4v) is 4.95. The number of ether oxygens (including phenoxy) is 3. The molecule has 0 aromatic rings. The van der Waals surface area contributed by atoms with Gasteiger partial charge in [-0.3, -0.25) is 9.59 Å². The standard InChI is InChI=1S/C31H62NO9P.2Na/c1-3-4-5-6-7-14-17-20-23-31(34)41-30(27-40-42(35,36)37)26-39-28-38-25-22-19-16-13-11-9-8-10-12-15-18-21-24-32-29(2)33;;/h30H,3-28H2,1-2H3,(H,32,33)(H2,35,36,37);;/q;2*+1/p-2/t30-;;/m1../s1. The zero-order chi connectivity index (χ0) is 31.2. The van der Waals surface area contributed by atoms with Crippen molar-refractivity contribution in [1.29, 1.82) is 0 Å². The molecule has 0 rings (SSSR count). The van der Waals surface area contributed by atoms with Crippen molar-refractivity contribution in [2.45, 2.75) is 155 Å². The Morgan fingerprint density at radius 2 is 1.16 bits per heavy atom. The topological polar surface area (TPSA) is 146 Å². The monoisotopic (exact) mass is 667 g/mol. The SMILES string of the molecule is CCCCCCCCCCC(=O)O[C@H](COCOCCCCCCCCCCCCCCNC(C)=O)COP(=O)([O-])[O-].[Na+].[Na+]. The molecule has 0 bridgehead atoms. The summed E-state index contributed by atoms with van der Waals surface area (Å²) in [5, 5.41) is 2.83. The van der Waals surface area contributed by atoms with Crippen LogP contribution in [-0.4, -0.2) is 51.1 Å². The second-order valence-electron chi connectivity index (χ2n) is 11.2. The van der Waals surface area contributed by atoms with Crippen LogP contribution in [0.3, 0.4) is 0 Å². The van der Waals surface area contributed by atoms with Gasteiger partial charge >= 0.3 is 65.1 Å². The minimum absolute atomic E-state index is 0. The zero-order valence-electron chi connectivity index (χ0n) is 28.6. The molecule has 0 aromatic heterocycles. The number of phosphoric acid groups is 1. The van der Waals surface area contributed by atoms with Gasteiger partial charge in [-0.15, -0.1) is 0 Å². The number of carbonyl (C=O) groups is 2. The molecule has 0 fully saturated rings. The third-order valence-corrected chi connectivity index (χ3v) is 7.48. The van der Waals surface area contributed by atoms with E-state index in [-0.39, 0.29) is 84.8 Å². The molecule has 1 N–H and O–H groups in total. The van der Waals surface area contributed by atoms with Gasteiger partial charge in [-0.25, -0.2) is 0 Å². The van der Waals surface area contributed by atoms with Crippen LogP contribution in [0, 0.1) is 0 Å². The van der Waals surface area contributed by atoms with Gasteiger partial charge < -0.3 is 38.4 Å². The number of amides is 1. The predicted octanol–water partition coefficient (Wildman–Crippen LogP) is 0.0903. The largest absolute Gasteiger partial charge is 1.00 e. The number of rotatable bonds is 32. The van der Waals surface area contributed by atoms with Crippen LogP contribution in [-0.2, 0) is 32.9 Å². The van der Waals surface area contributed by atoms with E-state index >= 15 is 0 Å². The van der Waals surface area contributed by atoms with Gasteiger partial charge in [0, 0.05) is 26.5 Å². The Hall–Kier alpha value is 0.970. The van der Waals surface area contributed by atoms with Gasteiger partial charge in [0.1, 0.15) is 12.9 Å². The number of esters is 1. The summed E-state index contributed by atoms with van der Waals surface area (Å²) in [7, 11) is -5.17. The summed E-state index contributed by atoms with van der Waals surface area (Å²) in [5.41, 5.74) is 0. The van der Waals surface area contributed by atoms with Gasteiger partial charge in [0.05, 0.1) is 21.0 Å². The fourth-order valence-electron chi connectivity index (χ4n) is 4.60. The van der Waals surface area contributed by atoms with Gasteiger partial charge in [-0.05, 0) is 19.3 Å². The van der Waals surface area contributed by atoms with Crippen molar-refractivity contribution in [2.75, 3.05) is 33.2 Å². The smallest absolute Gasteiger partial charge is 0.790 e. The van der Waals surface area contributed by atoms with Crippen LogP contribution in [0.2, 0.25) is 0 Å². The maximum Gasteiger partial charge on any atom is 1.00 e. The van der Waals surface area contributed by atoms with Crippen LogP contribution >= 0.6 is 7.82 Å². The van der Waals surface area contributed by atoms with E-state index in [0.717, 1.165) is 45.1 Å². The number of carbonyl (C=O) groups excluding carboxylic acids is 2. The fraction of sp³-hybridized carbons (Fsp3) is 0.935. The first-order chi connectivity index (χ1) is 20.2. The number of hydrogen-bond acceptors (Lipinski definition) is 9. The normalized spacial score (nSPS) is 11.8. The molecule has 44 heavy (non-hydrogen) atoms. The maximum atomic E-state index is 12.2. The molecule has 0 aliphatic heterocycles. The first kappa shape index (κ1) is 49.4. The third-order valence-electron chi connectivity index (χ3n) is 7.01. The number of phosphoric ester groups is 1. The molecule has 10 nitrogen and oxygen atoms in total. The van der Waals surface area contributed by atoms with Crippen molar-refractivity contribution in [3.8, 4) is 0 Å². The number of unbranched alkanes of at least 4 members (excludes halogenated alkanes) is 18. The molecule has 0 spiro atoms. The van der Waals surface area contributed by atoms with Crippen LogP contribution in [0.5, 0.6) is 0 Å². The Morgan fingerprint density at radius 3 is 1.66 bits per heavy atom. The molecule has 13 heteroatoms. The second kappa shape index (κ2) is 36.8. The van der Waals surface area contributed by atoms with Crippen molar-refractivity contribution in [3.63, 3.8) is 0 Å². The molecule has 0 aliphatic carbocycles. The van der Waals surface area contributed by atoms with Crippen LogP contribution in [0.15, 0.2) is 0 Å². The molecular formula is C31H60NNa2O9P. The van der Waals surface area contributed by atoms with E-state index in [2.05, 4.69) is 16.8 Å². The van der Waals surface area contributed by atoms with E-state index in [4.69, 9.17) is 14.2 Å². The summed E-state index contributed by atoms with van der Waals surface area (Å²) >= 11 is 0. The van der Waals surface area contributed by atoms with E-state index < -0.39 is 26.5 Å². The molecule has 0 aliphatic rings. The molecular weight excluding hydrogens is 607 g/mol. The Morgan fingerprint density at radius 1 is 0.682 bits per heavy atom. The molecule has 0 saturated heterocycles. The Kier molecular flexibility index (Phi) is 41.3. The Balaban J connectivity index is -0.00000840. The third kappa shape index (κ3) is 41.0. The van der Waals surface area contributed by atoms with Crippen LogP contribution in [0.1, 0.15) is 149 Å². The molecule has 1 atom stereocenters. The summed E-state index contributed by atoms with van der Waals surface area (Å²) in [6, 6.07) is 0. The Bertz CT molecular complexity index is 687. The minimum Gasteiger partial charge on any atom is -0.790 e. The molecule has 0 radical (unpaired) electrons. The molecule has 250 valence electrons. The average Bonchev–Trinajstić information content (AvgIpc) is 2.93. The molecule has 0 heterocycles. The van der Waals surface area contributed by atoms with Crippen molar-refractivity contribution < 1.29 is 102 Å². The first-order valence-corrected chi connectivity index (χ1v) is 18.0. The minimum atomic E-state index is -5.17. The molecule has 0 unspecified atom stereocenters. The van der Waals surface area contributed by atoms with E-state index in [1.165, 1.54) is 83.5 Å². The van der Waals surface area contributed by atoms with Crippen molar-refractivity contribution in [2.24, 2.45) is 0 Å². The average molecular weight is 668 g/mol. The van der Waals surface area contributed by atoms with Crippen molar-refractivity contribution >= 4 is 19.7 Å². The second-order valence-corrected chi connectivity index (χ2v) is 12.4. The quantitative estimate of drug-likeness (QED) is 0.0347. The van der Waals surface area contributed by atoms with Gasteiger partial charge in [0.15, 0.2) is 0 Å². The van der Waals surface area contributed by atoms with Gasteiger partial charge in [-0.2, -0.15) is 0 Å². The van der Waals surface area contributed by atoms with E-state index in [9.17, 15) is 23.9 Å². The van der Waals surface area contributed by atoms with Crippen LogP contribution in [0.25, 0.3) is 0 Å². The number of nitrogens with one attached hydrogen (secondary N) is 1. The molecule has 0 saturated carbocycles. The summed E-state index contributed by atoms with van der Waals surface area (Å²) in [4.78, 5) is 44.7. The molecule has 1 amide bonds. The van der Waals surface area contributed by atoms with E-state index in [1.54, 1.807) is 6.92 Å². The number of hydrogen-bond donors (Lipinski definition) is 1.